The van der Waals surface area contributed by atoms with Crippen LogP contribution < -0.4 is 14.8 Å². The van der Waals surface area contributed by atoms with Gasteiger partial charge in [-0.1, -0.05) is 24.3 Å². The summed E-state index contributed by atoms with van der Waals surface area (Å²) < 4.78 is 40.5. The first-order chi connectivity index (χ1) is 14.9. The van der Waals surface area contributed by atoms with E-state index in [1.807, 2.05) is 48.5 Å². The number of rotatable bonds is 10. The highest BCUT2D eigenvalue weighted by Crippen LogP contribution is 2.23. The second-order valence-corrected chi connectivity index (χ2v) is 8.98. The lowest BCUT2D eigenvalue weighted by Crippen LogP contribution is -2.30. The van der Waals surface area contributed by atoms with Crippen LogP contribution in [0.15, 0.2) is 59.6 Å². The van der Waals surface area contributed by atoms with Gasteiger partial charge >= 0.3 is 0 Å². The van der Waals surface area contributed by atoms with E-state index in [-0.39, 0.29) is 18.1 Å². The molecule has 0 amide bonds. The molecule has 1 heterocycles. The van der Waals surface area contributed by atoms with Crippen molar-refractivity contribution in [3.05, 3.63) is 71.4 Å². The second-order valence-electron chi connectivity index (χ2n) is 7.10. The third-order valence-electron chi connectivity index (χ3n) is 4.95. The van der Waals surface area contributed by atoms with Crippen LogP contribution in [0.3, 0.4) is 0 Å². The summed E-state index contributed by atoms with van der Waals surface area (Å²) >= 11 is 0. The molecule has 0 bridgehead atoms. The van der Waals surface area contributed by atoms with Crippen LogP contribution in [0.5, 0.6) is 11.5 Å². The molecule has 2 aromatic carbocycles. The molecule has 0 saturated heterocycles. The Balaban J connectivity index is 1.95. The number of nitrogens with zero attached hydrogens (tertiary/aromatic N) is 3. The number of ether oxygens (including phenoxy) is 2. The maximum atomic E-state index is 13.5. The van der Waals surface area contributed by atoms with Gasteiger partial charge in [0.05, 0.1) is 19.9 Å². The van der Waals surface area contributed by atoms with Crippen molar-refractivity contribution in [2.45, 2.75) is 24.7 Å². The van der Waals surface area contributed by atoms with Crippen LogP contribution in [0.2, 0.25) is 0 Å². The molecule has 166 valence electrons. The van der Waals surface area contributed by atoms with Gasteiger partial charge in [0.15, 0.2) is 5.03 Å². The fourth-order valence-corrected chi connectivity index (χ4v) is 4.59. The summed E-state index contributed by atoms with van der Waals surface area (Å²) in [6, 6.07) is 16.3. The van der Waals surface area contributed by atoms with Crippen molar-refractivity contribution < 1.29 is 17.9 Å². The van der Waals surface area contributed by atoms with Crippen LogP contribution in [0.25, 0.3) is 0 Å². The van der Waals surface area contributed by atoms with E-state index in [2.05, 4.69) is 10.4 Å². The summed E-state index contributed by atoms with van der Waals surface area (Å²) in [5.74, 6) is 1.43. The molecule has 0 atom stereocenters. The smallest absolute Gasteiger partial charge is 0.262 e. The number of methoxy groups -OCH3 is 2. The van der Waals surface area contributed by atoms with Gasteiger partial charge in [0, 0.05) is 32.7 Å². The lowest BCUT2D eigenvalue weighted by Gasteiger charge is -2.21. The van der Waals surface area contributed by atoms with Crippen LogP contribution in [-0.2, 0) is 36.7 Å². The molecule has 1 aromatic heterocycles. The normalized spacial score (nSPS) is 11.6. The van der Waals surface area contributed by atoms with E-state index in [4.69, 9.17) is 9.47 Å². The summed E-state index contributed by atoms with van der Waals surface area (Å²) in [4.78, 5) is 0. The van der Waals surface area contributed by atoms with Gasteiger partial charge in [-0.2, -0.15) is 9.40 Å². The predicted octanol–water partition coefficient (Wildman–Crippen LogP) is 2.55. The topological polar surface area (TPSA) is 85.7 Å². The molecule has 0 unspecified atom stereocenters. The Morgan fingerprint density at radius 1 is 0.935 bits per heavy atom. The van der Waals surface area contributed by atoms with E-state index in [1.165, 1.54) is 4.31 Å². The molecular weight excluding hydrogens is 416 g/mol. The molecule has 31 heavy (non-hydrogen) atoms. The highest BCUT2D eigenvalue weighted by molar-refractivity contribution is 7.89. The minimum absolute atomic E-state index is 0.0299. The van der Waals surface area contributed by atoms with Crippen molar-refractivity contribution in [3.63, 3.8) is 0 Å². The zero-order valence-corrected chi connectivity index (χ0v) is 19.0. The molecule has 0 aliphatic heterocycles. The quantitative estimate of drug-likeness (QED) is 0.517. The molecule has 8 nitrogen and oxygen atoms in total. The SMILES string of the molecule is CNCc1cc(S(=O)(=O)N(Cc2ccc(OC)cc2)Cc2ccc(OC)cc2)nn1C. The van der Waals surface area contributed by atoms with Gasteiger partial charge in [-0.25, -0.2) is 8.42 Å². The zero-order valence-electron chi connectivity index (χ0n) is 18.2. The monoisotopic (exact) mass is 444 g/mol. The van der Waals surface area contributed by atoms with Crippen molar-refractivity contribution in [1.82, 2.24) is 19.4 Å². The van der Waals surface area contributed by atoms with Crippen molar-refractivity contribution in [1.29, 1.82) is 0 Å². The number of hydrogen-bond donors (Lipinski definition) is 1. The number of hydrogen-bond acceptors (Lipinski definition) is 6. The minimum Gasteiger partial charge on any atom is -0.497 e. The fraction of sp³-hybridized carbons (Fsp3) is 0.318. The maximum absolute atomic E-state index is 13.5. The number of sulfonamides is 1. The largest absolute Gasteiger partial charge is 0.497 e. The molecule has 0 aliphatic rings. The third kappa shape index (κ3) is 5.43. The molecule has 3 aromatic rings. The van der Waals surface area contributed by atoms with Crippen molar-refractivity contribution in [3.8, 4) is 11.5 Å². The van der Waals surface area contributed by atoms with E-state index < -0.39 is 10.0 Å². The Kier molecular flexibility index (Phi) is 7.32. The van der Waals surface area contributed by atoms with Crippen molar-refractivity contribution in [2.24, 2.45) is 7.05 Å². The van der Waals surface area contributed by atoms with Crippen LogP contribution >= 0.6 is 0 Å². The summed E-state index contributed by atoms with van der Waals surface area (Å²) in [6.07, 6.45) is 0. The predicted molar refractivity (Wildman–Crippen MR) is 118 cm³/mol. The van der Waals surface area contributed by atoms with Crippen LogP contribution in [0.4, 0.5) is 0 Å². The molecule has 1 N–H and O–H groups in total. The molecule has 0 radical (unpaired) electrons. The number of aryl methyl sites for hydroxylation is 1. The first-order valence-corrected chi connectivity index (χ1v) is 11.2. The average molecular weight is 445 g/mol. The van der Waals surface area contributed by atoms with Gasteiger partial charge in [0.2, 0.25) is 0 Å². The third-order valence-corrected chi connectivity index (χ3v) is 6.62. The molecule has 0 fully saturated rings. The summed E-state index contributed by atoms with van der Waals surface area (Å²) in [6.45, 7) is 0.933. The second kappa shape index (κ2) is 9.95. The molecule has 0 spiro atoms. The Morgan fingerprint density at radius 3 is 1.84 bits per heavy atom. The fourth-order valence-electron chi connectivity index (χ4n) is 3.18. The molecule has 3 rings (SSSR count). The average Bonchev–Trinajstić information content (AvgIpc) is 3.15. The van der Waals surface area contributed by atoms with Gasteiger partial charge in [0.25, 0.3) is 10.0 Å². The van der Waals surface area contributed by atoms with E-state index >= 15 is 0 Å². The summed E-state index contributed by atoms with van der Waals surface area (Å²) in [7, 11) is 2.90. The van der Waals surface area contributed by atoms with E-state index in [0.717, 1.165) is 28.3 Å². The van der Waals surface area contributed by atoms with Crippen LogP contribution in [-0.4, -0.2) is 43.8 Å². The van der Waals surface area contributed by atoms with Crippen molar-refractivity contribution in [2.75, 3.05) is 21.3 Å². The van der Waals surface area contributed by atoms with Gasteiger partial charge < -0.3 is 14.8 Å². The molecule has 0 saturated carbocycles. The lowest BCUT2D eigenvalue weighted by atomic mass is 10.2. The van der Waals surface area contributed by atoms with Crippen LogP contribution in [0.1, 0.15) is 16.8 Å². The van der Waals surface area contributed by atoms with Crippen molar-refractivity contribution >= 4 is 10.0 Å². The van der Waals surface area contributed by atoms with Crippen LogP contribution in [0, 0.1) is 0 Å². The molecule has 0 aliphatic carbocycles. The van der Waals surface area contributed by atoms with Gasteiger partial charge in [-0.3, -0.25) is 4.68 Å². The molecule has 9 heteroatoms. The minimum atomic E-state index is -3.84. The standard InChI is InChI=1S/C22H28N4O4S/c1-23-14-19-13-22(24-25(19)2)31(27,28)26(15-17-5-9-20(29-3)10-6-17)16-18-7-11-21(30-4)12-8-18/h5-13,23H,14-16H2,1-4H3. The highest BCUT2D eigenvalue weighted by atomic mass is 32.2. The summed E-state index contributed by atoms with van der Waals surface area (Å²) in [5.41, 5.74) is 2.49. The number of nitrogens with one attached hydrogen (secondary N) is 1. The maximum Gasteiger partial charge on any atom is 0.262 e. The molecular formula is C22H28N4O4S. The Labute approximate surface area is 183 Å². The number of benzene rings is 2. The van der Waals surface area contributed by atoms with E-state index in [1.54, 1.807) is 39.1 Å². The first-order valence-electron chi connectivity index (χ1n) is 9.81. The summed E-state index contributed by atoms with van der Waals surface area (Å²) in [5, 5.41) is 7.32. The highest BCUT2D eigenvalue weighted by Gasteiger charge is 2.28. The Bertz CT molecular complexity index is 1040. The van der Waals surface area contributed by atoms with E-state index in [0.29, 0.717) is 6.54 Å². The Hall–Kier alpha value is -2.88. The van der Waals surface area contributed by atoms with Gasteiger partial charge in [-0.15, -0.1) is 0 Å². The number of aromatic nitrogens is 2. The van der Waals surface area contributed by atoms with Gasteiger partial charge in [0.1, 0.15) is 11.5 Å². The van der Waals surface area contributed by atoms with Gasteiger partial charge in [-0.05, 0) is 42.4 Å². The zero-order chi connectivity index (χ0) is 22.4. The Morgan fingerprint density at radius 2 is 1.42 bits per heavy atom. The lowest BCUT2D eigenvalue weighted by molar-refractivity contribution is 0.395. The van der Waals surface area contributed by atoms with E-state index in [9.17, 15) is 8.42 Å². The first kappa shape index (κ1) is 22.8.